The van der Waals surface area contributed by atoms with E-state index in [-0.39, 0.29) is 5.91 Å². The maximum Gasteiger partial charge on any atom is 0.221 e. The smallest absolute Gasteiger partial charge is 0.221 e. The third kappa shape index (κ3) is 7.33. The highest BCUT2D eigenvalue weighted by Gasteiger charge is 2.09. The molecule has 4 heteroatoms. The summed E-state index contributed by atoms with van der Waals surface area (Å²) in [5.74, 6) is 0.635. The van der Waals surface area contributed by atoms with Crippen molar-refractivity contribution in [2.45, 2.75) is 27.2 Å². The number of nitrogens with one attached hydrogen (secondary N) is 1. The van der Waals surface area contributed by atoms with Gasteiger partial charge in [0.15, 0.2) is 0 Å². The van der Waals surface area contributed by atoms with Crippen LogP contribution < -0.4 is 11.1 Å². The molecule has 0 aliphatic carbocycles. The Kier molecular flexibility index (Phi) is 8.33. The molecule has 3 N–H and O–H groups in total. The number of hydrogen-bond acceptors (Lipinski definition) is 3. The highest BCUT2D eigenvalue weighted by molar-refractivity contribution is 5.75. The van der Waals surface area contributed by atoms with Crippen LogP contribution in [0.15, 0.2) is 0 Å². The van der Waals surface area contributed by atoms with Gasteiger partial charge in [0.05, 0.1) is 0 Å². The average molecular weight is 215 g/mol. The first-order valence-corrected chi connectivity index (χ1v) is 5.83. The third-order valence-electron chi connectivity index (χ3n) is 2.45. The molecule has 0 bridgehead atoms. The fraction of sp³-hybridized carbons (Fsp3) is 0.909. The van der Waals surface area contributed by atoms with Gasteiger partial charge in [-0.1, -0.05) is 13.8 Å². The molecule has 15 heavy (non-hydrogen) atoms. The molecule has 90 valence electrons. The monoisotopic (exact) mass is 215 g/mol. The van der Waals surface area contributed by atoms with Crippen molar-refractivity contribution in [1.82, 2.24) is 10.2 Å². The summed E-state index contributed by atoms with van der Waals surface area (Å²) in [5, 5.41) is 2.80. The van der Waals surface area contributed by atoms with Crippen molar-refractivity contribution < 1.29 is 4.79 Å². The van der Waals surface area contributed by atoms with Crippen LogP contribution in [0.2, 0.25) is 0 Å². The van der Waals surface area contributed by atoms with Crippen molar-refractivity contribution in [3.63, 3.8) is 0 Å². The van der Waals surface area contributed by atoms with Gasteiger partial charge in [0.1, 0.15) is 0 Å². The third-order valence-corrected chi connectivity index (χ3v) is 2.45. The van der Waals surface area contributed by atoms with E-state index >= 15 is 0 Å². The van der Waals surface area contributed by atoms with E-state index in [4.69, 9.17) is 5.73 Å². The highest BCUT2D eigenvalue weighted by Crippen LogP contribution is 1.99. The normalized spacial score (nSPS) is 12.9. The Bertz CT molecular complexity index is 173. The van der Waals surface area contributed by atoms with E-state index in [0.29, 0.717) is 25.4 Å². The molecule has 0 heterocycles. The van der Waals surface area contributed by atoms with E-state index in [9.17, 15) is 4.79 Å². The van der Waals surface area contributed by atoms with Crippen LogP contribution in [0.25, 0.3) is 0 Å². The van der Waals surface area contributed by atoms with Crippen molar-refractivity contribution in [2.24, 2.45) is 11.7 Å². The fourth-order valence-electron chi connectivity index (χ4n) is 1.44. The molecule has 4 nitrogen and oxygen atoms in total. The van der Waals surface area contributed by atoms with Crippen LogP contribution in [-0.2, 0) is 4.79 Å². The van der Waals surface area contributed by atoms with Crippen molar-refractivity contribution in [3.8, 4) is 0 Å². The van der Waals surface area contributed by atoms with Gasteiger partial charge in [-0.2, -0.15) is 0 Å². The topological polar surface area (TPSA) is 58.4 Å². The lowest BCUT2D eigenvalue weighted by Gasteiger charge is -2.23. The molecular weight excluding hydrogens is 190 g/mol. The van der Waals surface area contributed by atoms with Gasteiger partial charge in [-0.3, -0.25) is 4.79 Å². The largest absolute Gasteiger partial charge is 0.356 e. The molecule has 0 radical (unpaired) electrons. The molecule has 0 saturated heterocycles. The van der Waals surface area contributed by atoms with Crippen molar-refractivity contribution >= 4 is 5.91 Å². The van der Waals surface area contributed by atoms with Crippen LogP contribution in [0.4, 0.5) is 0 Å². The number of carbonyl (C=O) groups excluding carboxylic acids is 1. The van der Waals surface area contributed by atoms with Crippen LogP contribution in [0.1, 0.15) is 27.2 Å². The summed E-state index contributed by atoms with van der Waals surface area (Å²) < 4.78 is 0. The van der Waals surface area contributed by atoms with E-state index in [1.165, 1.54) is 0 Å². The minimum absolute atomic E-state index is 0.136. The quantitative estimate of drug-likeness (QED) is 0.617. The highest BCUT2D eigenvalue weighted by atomic mass is 16.1. The maximum atomic E-state index is 11.3. The van der Waals surface area contributed by atoms with Crippen molar-refractivity contribution in [2.75, 3.05) is 32.7 Å². The zero-order valence-corrected chi connectivity index (χ0v) is 10.3. The number of rotatable bonds is 8. The van der Waals surface area contributed by atoms with E-state index in [0.717, 1.165) is 19.6 Å². The van der Waals surface area contributed by atoms with Gasteiger partial charge in [-0.15, -0.1) is 0 Å². The van der Waals surface area contributed by atoms with Crippen LogP contribution in [-0.4, -0.2) is 43.5 Å². The van der Waals surface area contributed by atoms with Gasteiger partial charge in [0.25, 0.3) is 0 Å². The summed E-state index contributed by atoms with van der Waals surface area (Å²) in [5.41, 5.74) is 5.57. The molecule has 0 fully saturated rings. The van der Waals surface area contributed by atoms with E-state index in [2.05, 4.69) is 24.1 Å². The Hall–Kier alpha value is -0.610. The van der Waals surface area contributed by atoms with Gasteiger partial charge in [-0.05, 0) is 25.9 Å². The minimum atomic E-state index is 0.136. The lowest BCUT2D eigenvalue weighted by molar-refractivity contribution is -0.121. The molecule has 0 aromatic heterocycles. The molecule has 1 atom stereocenters. The van der Waals surface area contributed by atoms with Gasteiger partial charge in [-0.25, -0.2) is 0 Å². The van der Waals surface area contributed by atoms with Gasteiger partial charge >= 0.3 is 0 Å². The number of nitrogens with zero attached hydrogens (tertiary/aromatic N) is 1. The summed E-state index contributed by atoms with van der Waals surface area (Å²) in [4.78, 5) is 13.5. The predicted octanol–water partition coefficient (Wildman–Crippen LogP) is 0.429. The standard InChI is InChI=1S/C11H25N3O/c1-4-13-11(15)6-7-14(5-2)9-10(3)8-12/h10H,4-9,12H2,1-3H3,(H,13,15). The molecule has 0 aromatic carbocycles. The average Bonchev–Trinajstić information content (AvgIpc) is 2.24. The van der Waals surface area contributed by atoms with Crippen LogP contribution in [0.3, 0.4) is 0 Å². The summed E-state index contributed by atoms with van der Waals surface area (Å²) in [6.07, 6.45) is 0.582. The molecule has 1 unspecified atom stereocenters. The fourth-order valence-corrected chi connectivity index (χ4v) is 1.44. The lowest BCUT2D eigenvalue weighted by atomic mass is 10.1. The van der Waals surface area contributed by atoms with E-state index in [1.54, 1.807) is 0 Å². The van der Waals surface area contributed by atoms with E-state index in [1.807, 2.05) is 6.92 Å². The Balaban J connectivity index is 3.74. The Morgan fingerprint density at radius 1 is 1.47 bits per heavy atom. The molecular formula is C11H25N3O. The summed E-state index contributed by atoms with van der Waals surface area (Å²) in [7, 11) is 0. The van der Waals surface area contributed by atoms with Gasteiger partial charge in [0.2, 0.25) is 5.91 Å². The molecule has 0 aliphatic heterocycles. The zero-order valence-electron chi connectivity index (χ0n) is 10.3. The summed E-state index contributed by atoms with van der Waals surface area (Å²) in [6.45, 7) is 10.4. The van der Waals surface area contributed by atoms with E-state index < -0.39 is 0 Å². The van der Waals surface area contributed by atoms with Crippen LogP contribution >= 0.6 is 0 Å². The molecule has 1 amide bonds. The maximum absolute atomic E-state index is 11.3. The minimum Gasteiger partial charge on any atom is -0.356 e. The number of amides is 1. The lowest BCUT2D eigenvalue weighted by Crippen LogP contribution is -2.35. The Morgan fingerprint density at radius 2 is 2.13 bits per heavy atom. The Labute approximate surface area is 93.2 Å². The molecule has 0 aliphatic rings. The SMILES string of the molecule is CCNC(=O)CCN(CC)CC(C)CN. The Morgan fingerprint density at radius 3 is 2.60 bits per heavy atom. The molecule has 0 rings (SSSR count). The second-order valence-corrected chi connectivity index (χ2v) is 3.94. The first kappa shape index (κ1) is 14.4. The zero-order chi connectivity index (χ0) is 11.7. The molecule has 0 spiro atoms. The number of carbonyl (C=O) groups is 1. The first-order valence-electron chi connectivity index (χ1n) is 5.83. The van der Waals surface area contributed by atoms with Crippen molar-refractivity contribution in [3.05, 3.63) is 0 Å². The van der Waals surface area contributed by atoms with Gasteiger partial charge < -0.3 is 16.0 Å². The predicted molar refractivity (Wildman–Crippen MR) is 63.6 cm³/mol. The first-order chi connectivity index (χ1) is 7.13. The summed E-state index contributed by atoms with van der Waals surface area (Å²) in [6, 6.07) is 0. The second kappa shape index (κ2) is 8.68. The van der Waals surface area contributed by atoms with Gasteiger partial charge in [0, 0.05) is 26.1 Å². The molecule has 0 aromatic rings. The molecule has 0 saturated carbocycles. The number of nitrogens with two attached hydrogens (primary N) is 1. The van der Waals surface area contributed by atoms with Crippen LogP contribution in [0.5, 0.6) is 0 Å². The van der Waals surface area contributed by atoms with Crippen LogP contribution in [0, 0.1) is 5.92 Å². The second-order valence-electron chi connectivity index (χ2n) is 3.94. The number of hydrogen-bond donors (Lipinski definition) is 2. The van der Waals surface area contributed by atoms with Crippen molar-refractivity contribution in [1.29, 1.82) is 0 Å². The summed E-state index contributed by atoms with van der Waals surface area (Å²) >= 11 is 0.